The average Bonchev–Trinajstić information content (AvgIpc) is 2.70. The maximum Gasteiger partial charge on any atom is 0.305 e. The number of carbonyl (C=O) groups excluding carboxylic acids is 1. The number of nitrogens with one attached hydrogen (secondary N) is 1. The van der Waals surface area contributed by atoms with Gasteiger partial charge in [0.2, 0.25) is 10.0 Å². The minimum absolute atomic E-state index is 0.0707. The van der Waals surface area contributed by atoms with Crippen molar-refractivity contribution >= 4 is 27.6 Å². The quantitative estimate of drug-likeness (QED) is 0.393. The van der Waals surface area contributed by atoms with Crippen LogP contribution in [-0.4, -0.2) is 21.5 Å². The zero-order valence-corrected chi connectivity index (χ0v) is 17.8. The molecule has 0 aliphatic rings. The normalized spacial score (nSPS) is 12.5. The molecule has 1 N–H and O–H groups in total. The monoisotopic (exact) mass is 441 g/mol. The molecule has 0 spiro atoms. The van der Waals surface area contributed by atoms with E-state index in [9.17, 15) is 17.6 Å². The molecule has 0 aliphatic heterocycles. The molecule has 0 aliphatic carbocycles. The summed E-state index contributed by atoms with van der Waals surface area (Å²) in [5.41, 5.74) is 0.305. The predicted octanol–water partition coefficient (Wildman–Crippen LogP) is 5.01. The van der Waals surface area contributed by atoms with E-state index in [0.717, 1.165) is 12.8 Å². The minimum atomic E-state index is -3.84. The lowest BCUT2D eigenvalue weighted by molar-refractivity contribution is -0.140. The first-order valence-electron chi connectivity index (χ1n) is 9.42. The number of esters is 1. The van der Waals surface area contributed by atoms with Gasteiger partial charge in [-0.1, -0.05) is 49.1 Å². The van der Waals surface area contributed by atoms with E-state index in [4.69, 9.17) is 11.6 Å². The molecule has 0 bridgehead atoms. The molecule has 0 saturated carbocycles. The van der Waals surface area contributed by atoms with E-state index in [1.54, 1.807) is 18.2 Å². The van der Waals surface area contributed by atoms with Gasteiger partial charge in [-0.05, 0) is 43.2 Å². The molecule has 158 valence electrons. The first-order chi connectivity index (χ1) is 13.8. The topological polar surface area (TPSA) is 72.5 Å². The van der Waals surface area contributed by atoms with E-state index < -0.39 is 21.9 Å². The van der Waals surface area contributed by atoms with Crippen LogP contribution in [0.4, 0.5) is 4.39 Å². The Hall–Kier alpha value is -1.96. The molecule has 2 aromatic carbocycles. The van der Waals surface area contributed by atoms with Crippen LogP contribution < -0.4 is 4.72 Å². The van der Waals surface area contributed by atoms with Crippen LogP contribution in [0.5, 0.6) is 0 Å². The Bertz CT molecular complexity index is 903. The number of hydrogen-bond acceptors (Lipinski definition) is 4. The van der Waals surface area contributed by atoms with Gasteiger partial charge in [0.1, 0.15) is 5.82 Å². The predicted molar refractivity (Wildman–Crippen MR) is 111 cm³/mol. The van der Waals surface area contributed by atoms with E-state index in [2.05, 4.69) is 9.46 Å². The van der Waals surface area contributed by atoms with Crippen LogP contribution in [0.1, 0.15) is 50.1 Å². The summed E-state index contributed by atoms with van der Waals surface area (Å²) in [5.74, 6) is -0.702. The summed E-state index contributed by atoms with van der Waals surface area (Å²) >= 11 is 5.83. The molecule has 5 nitrogen and oxygen atoms in total. The number of carbonyl (C=O) groups is 1. The lowest BCUT2D eigenvalue weighted by Gasteiger charge is -2.20. The standard InChI is InChI=1S/C21H25ClFNO4S/c1-28-21(25)11-5-3-2-4-10-20(18-8-6-7-9-19(18)23)24-29(26,27)17-14-12-16(22)13-15-17/h6-9,12-15,20,24H,2-5,10-11H2,1H3. The van der Waals surface area contributed by atoms with E-state index in [-0.39, 0.29) is 10.9 Å². The summed E-state index contributed by atoms with van der Waals surface area (Å²) in [6.45, 7) is 0. The molecular weight excluding hydrogens is 417 g/mol. The van der Waals surface area contributed by atoms with Crippen LogP contribution in [0.3, 0.4) is 0 Å². The minimum Gasteiger partial charge on any atom is -0.469 e. The zero-order valence-electron chi connectivity index (χ0n) is 16.2. The highest BCUT2D eigenvalue weighted by Crippen LogP contribution is 2.26. The van der Waals surface area contributed by atoms with Gasteiger partial charge < -0.3 is 4.74 Å². The van der Waals surface area contributed by atoms with Crippen LogP contribution >= 0.6 is 11.6 Å². The van der Waals surface area contributed by atoms with Crippen LogP contribution in [0.25, 0.3) is 0 Å². The third-order valence-corrected chi connectivity index (χ3v) is 6.29. The van der Waals surface area contributed by atoms with Crippen molar-refractivity contribution in [1.82, 2.24) is 4.72 Å². The molecule has 1 atom stereocenters. The van der Waals surface area contributed by atoms with Crippen LogP contribution in [0.15, 0.2) is 53.4 Å². The summed E-state index contributed by atoms with van der Waals surface area (Å²) in [7, 11) is -2.48. The zero-order chi connectivity index (χ0) is 21.3. The number of halogens is 2. The third-order valence-electron chi connectivity index (χ3n) is 4.55. The van der Waals surface area contributed by atoms with E-state index in [1.807, 2.05) is 0 Å². The first kappa shape index (κ1) is 23.3. The molecule has 8 heteroatoms. The Balaban J connectivity index is 2.05. The van der Waals surface area contributed by atoms with Crippen molar-refractivity contribution in [2.24, 2.45) is 0 Å². The highest BCUT2D eigenvalue weighted by atomic mass is 35.5. The van der Waals surface area contributed by atoms with Gasteiger partial charge in [-0.25, -0.2) is 17.5 Å². The molecule has 0 saturated heterocycles. The molecule has 0 fully saturated rings. The van der Waals surface area contributed by atoms with Gasteiger partial charge in [-0.3, -0.25) is 4.79 Å². The van der Waals surface area contributed by atoms with Crippen molar-refractivity contribution in [1.29, 1.82) is 0 Å². The Kier molecular flexibility index (Phi) is 9.07. The van der Waals surface area contributed by atoms with Crippen molar-refractivity contribution in [2.45, 2.75) is 49.5 Å². The van der Waals surface area contributed by atoms with Crippen LogP contribution in [0.2, 0.25) is 5.02 Å². The lowest BCUT2D eigenvalue weighted by atomic mass is 10.00. The Morgan fingerprint density at radius 1 is 1.07 bits per heavy atom. The number of sulfonamides is 1. The van der Waals surface area contributed by atoms with Crippen LogP contribution in [0, 0.1) is 5.82 Å². The fourth-order valence-corrected chi connectivity index (χ4v) is 4.35. The number of hydrogen-bond donors (Lipinski definition) is 1. The van der Waals surface area contributed by atoms with Crippen LogP contribution in [-0.2, 0) is 19.6 Å². The van der Waals surface area contributed by atoms with Gasteiger partial charge in [-0.15, -0.1) is 0 Å². The maximum atomic E-state index is 14.3. The summed E-state index contributed by atoms with van der Waals surface area (Å²) in [6.07, 6.45) is 3.78. The van der Waals surface area contributed by atoms with Gasteiger partial charge in [0.15, 0.2) is 0 Å². The molecule has 0 aromatic heterocycles. The van der Waals surface area contributed by atoms with Crippen molar-refractivity contribution in [3.63, 3.8) is 0 Å². The van der Waals surface area contributed by atoms with Gasteiger partial charge in [0.25, 0.3) is 0 Å². The van der Waals surface area contributed by atoms with Crippen molar-refractivity contribution in [3.05, 3.63) is 64.9 Å². The van der Waals surface area contributed by atoms with Crippen molar-refractivity contribution in [2.75, 3.05) is 7.11 Å². The Labute approximate surface area is 176 Å². The second kappa shape index (κ2) is 11.3. The highest BCUT2D eigenvalue weighted by Gasteiger charge is 2.23. The smallest absolute Gasteiger partial charge is 0.305 e. The average molecular weight is 442 g/mol. The molecule has 29 heavy (non-hydrogen) atoms. The Morgan fingerprint density at radius 3 is 2.38 bits per heavy atom. The fraction of sp³-hybridized carbons (Fsp3) is 0.381. The Morgan fingerprint density at radius 2 is 1.72 bits per heavy atom. The lowest BCUT2D eigenvalue weighted by Crippen LogP contribution is -2.29. The first-order valence-corrected chi connectivity index (χ1v) is 11.3. The summed E-state index contributed by atoms with van der Waals surface area (Å²) in [4.78, 5) is 11.2. The number of unbranched alkanes of at least 4 members (excludes halogenated alkanes) is 3. The highest BCUT2D eigenvalue weighted by molar-refractivity contribution is 7.89. The molecule has 2 rings (SSSR count). The van der Waals surface area contributed by atoms with E-state index in [1.165, 1.54) is 37.4 Å². The summed E-state index contributed by atoms with van der Waals surface area (Å²) in [5, 5.41) is 0.432. The van der Waals surface area contributed by atoms with Gasteiger partial charge in [0.05, 0.1) is 12.0 Å². The molecule has 0 heterocycles. The molecule has 0 amide bonds. The fourth-order valence-electron chi connectivity index (χ4n) is 2.98. The largest absolute Gasteiger partial charge is 0.469 e. The summed E-state index contributed by atoms with van der Waals surface area (Å²) < 4.78 is 47.1. The summed E-state index contributed by atoms with van der Waals surface area (Å²) in [6, 6.07) is 11.3. The molecule has 0 radical (unpaired) electrons. The second-order valence-corrected chi connectivity index (χ2v) is 8.83. The van der Waals surface area contributed by atoms with Crippen molar-refractivity contribution in [3.8, 4) is 0 Å². The third kappa shape index (κ3) is 7.42. The number of ether oxygens (including phenoxy) is 1. The van der Waals surface area contributed by atoms with E-state index >= 15 is 0 Å². The molecular formula is C21H25ClFNO4S. The second-order valence-electron chi connectivity index (χ2n) is 6.68. The number of rotatable bonds is 11. The van der Waals surface area contributed by atoms with Gasteiger partial charge in [-0.2, -0.15) is 0 Å². The van der Waals surface area contributed by atoms with Crippen molar-refractivity contribution < 1.29 is 22.3 Å². The maximum absolute atomic E-state index is 14.3. The number of benzene rings is 2. The molecule has 2 aromatic rings. The molecule has 1 unspecified atom stereocenters. The van der Waals surface area contributed by atoms with E-state index in [0.29, 0.717) is 36.3 Å². The number of methoxy groups -OCH3 is 1. The SMILES string of the molecule is COC(=O)CCCCCCC(NS(=O)(=O)c1ccc(Cl)cc1)c1ccccc1F. The van der Waals surface area contributed by atoms with Gasteiger partial charge in [0, 0.05) is 23.0 Å². The van der Waals surface area contributed by atoms with Gasteiger partial charge >= 0.3 is 5.97 Å².